The Bertz CT molecular complexity index is 385. The smallest absolute Gasteiger partial charge is 0.167 e. The minimum Gasteiger partial charge on any atom is -0.486 e. The van der Waals surface area contributed by atoms with E-state index >= 15 is 0 Å². The van der Waals surface area contributed by atoms with Crippen molar-refractivity contribution in [3.63, 3.8) is 0 Å². The number of hydrogen-bond donors (Lipinski definition) is 1. The summed E-state index contributed by atoms with van der Waals surface area (Å²) in [7, 11) is 0. The van der Waals surface area contributed by atoms with Crippen LogP contribution in [0.3, 0.4) is 0 Å². The normalized spacial score (nSPS) is 21.3. The molecule has 1 aliphatic carbocycles. The summed E-state index contributed by atoms with van der Waals surface area (Å²) < 4.78 is 11.1. The van der Waals surface area contributed by atoms with Gasteiger partial charge in [0.15, 0.2) is 11.5 Å². The van der Waals surface area contributed by atoms with E-state index in [-0.39, 0.29) is 0 Å². The van der Waals surface area contributed by atoms with E-state index in [1.807, 2.05) is 18.2 Å². The lowest BCUT2D eigenvalue weighted by Gasteiger charge is -2.32. The van der Waals surface area contributed by atoms with Crippen molar-refractivity contribution in [3.8, 4) is 11.5 Å². The van der Waals surface area contributed by atoms with Crippen LogP contribution in [0.1, 0.15) is 30.9 Å². The Labute approximate surface area is 95.0 Å². The Balaban J connectivity index is 1.93. The molecular weight excluding hydrogens is 204 g/mol. The van der Waals surface area contributed by atoms with Gasteiger partial charge < -0.3 is 14.6 Å². The fourth-order valence-corrected chi connectivity index (χ4v) is 2.34. The zero-order chi connectivity index (χ0) is 11.0. The highest BCUT2D eigenvalue weighted by molar-refractivity contribution is 5.48. The number of aliphatic hydroxyl groups is 1. The fourth-order valence-electron chi connectivity index (χ4n) is 2.34. The van der Waals surface area contributed by atoms with Crippen LogP contribution in [0.5, 0.6) is 11.5 Å². The summed E-state index contributed by atoms with van der Waals surface area (Å²) >= 11 is 0. The molecule has 2 aliphatic rings. The van der Waals surface area contributed by atoms with Crippen molar-refractivity contribution >= 4 is 0 Å². The molecule has 0 amide bonds. The molecule has 0 spiro atoms. The van der Waals surface area contributed by atoms with Crippen LogP contribution in [0.2, 0.25) is 0 Å². The monoisotopic (exact) mass is 220 g/mol. The molecule has 1 aromatic rings. The van der Waals surface area contributed by atoms with Crippen LogP contribution in [-0.4, -0.2) is 18.3 Å². The van der Waals surface area contributed by atoms with Gasteiger partial charge in [0.1, 0.15) is 13.2 Å². The van der Waals surface area contributed by atoms with Crippen molar-refractivity contribution < 1.29 is 14.6 Å². The van der Waals surface area contributed by atoms with Gasteiger partial charge in [0.25, 0.3) is 0 Å². The molecule has 0 aromatic heterocycles. The predicted octanol–water partition coefficient (Wildman–Crippen LogP) is 2.29. The highest BCUT2D eigenvalue weighted by Gasteiger charge is 2.30. The molecule has 1 aliphatic heterocycles. The lowest BCUT2D eigenvalue weighted by molar-refractivity contribution is 0.0568. The van der Waals surface area contributed by atoms with Crippen molar-refractivity contribution in [3.05, 3.63) is 23.8 Å². The number of benzene rings is 1. The molecule has 86 valence electrons. The Kier molecular flexibility index (Phi) is 2.48. The van der Waals surface area contributed by atoms with Gasteiger partial charge in [0.05, 0.1) is 6.10 Å². The highest BCUT2D eigenvalue weighted by Crippen LogP contribution is 2.44. The van der Waals surface area contributed by atoms with Gasteiger partial charge in [-0.25, -0.2) is 0 Å². The number of para-hydroxylation sites is 1. The van der Waals surface area contributed by atoms with Crippen molar-refractivity contribution in [1.29, 1.82) is 0 Å². The molecule has 0 saturated heterocycles. The van der Waals surface area contributed by atoms with E-state index in [1.54, 1.807) is 0 Å². The van der Waals surface area contributed by atoms with Crippen LogP contribution in [-0.2, 0) is 0 Å². The first-order chi connectivity index (χ1) is 7.86. The Hall–Kier alpha value is -1.22. The van der Waals surface area contributed by atoms with E-state index in [1.165, 1.54) is 6.42 Å². The van der Waals surface area contributed by atoms with Gasteiger partial charge in [0, 0.05) is 5.56 Å². The quantitative estimate of drug-likeness (QED) is 0.831. The van der Waals surface area contributed by atoms with Crippen LogP contribution < -0.4 is 9.47 Å². The molecule has 0 bridgehead atoms. The molecule has 3 heteroatoms. The maximum atomic E-state index is 10.3. The number of rotatable bonds is 2. The number of fused-ring (bicyclic) bond motifs is 1. The largest absolute Gasteiger partial charge is 0.486 e. The van der Waals surface area contributed by atoms with E-state index in [4.69, 9.17) is 9.47 Å². The average Bonchev–Trinajstić information content (AvgIpc) is 2.26. The summed E-state index contributed by atoms with van der Waals surface area (Å²) in [5.74, 6) is 1.91. The van der Waals surface area contributed by atoms with Crippen molar-refractivity contribution in [2.45, 2.75) is 25.4 Å². The summed E-state index contributed by atoms with van der Waals surface area (Å²) in [6, 6.07) is 5.76. The van der Waals surface area contributed by atoms with E-state index < -0.39 is 6.10 Å². The van der Waals surface area contributed by atoms with Gasteiger partial charge in [0.2, 0.25) is 0 Å². The number of ether oxygens (including phenoxy) is 2. The maximum Gasteiger partial charge on any atom is 0.167 e. The summed E-state index contributed by atoms with van der Waals surface area (Å²) in [5, 5.41) is 10.3. The van der Waals surface area contributed by atoms with E-state index in [9.17, 15) is 5.11 Å². The van der Waals surface area contributed by atoms with Crippen LogP contribution >= 0.6 is 0 Å². The Morgan fingerprint density at radius 3 is 2.75 bits per heavy atom. The molecule has 1 heterocycles. The molecule has 1 aromatic carbocycles. The van der Waals surface area contributed by atoms with Gasteiger partial charge >= 0.3 is 0 Å². The summed E-state index contributed by atoms with van der Waals surface area (Å²) in [5.41, 5.74) is 0.891. The van der Waals surface area contributed by atoms with E-state index in [0.29, 0.717) is 19.1 Å². The zero-order valence-corrected chi connectivity index (χ0v) is 9.19. The van der Waals surface area contributed by atoms with Crippen LogP contribution in [0, 0.1) is 5.92 Å². The first-order valence-corrected chi connectivity index (χ1v) is 5.93. The molecule has 0 radical (unpaired) electrons. The molecule has 1 N–H and O–H groups in total. The second-order valence-electron chi connectivity index (χ2n) is 4.51. The second-order valence-corrected chi connectivity index (χ2v) is 4.51. The summed E-state index contributed by atoms with van der Waals surface area (Å²) in [6.07, 6.45) is 3.07. The van der Waals surface area contributed by atoms with Crippen LogP contribution in [0.25, 0.3) is 0 Å². The van der Waals surface area contributed by atoms with E-state index in [0.717, 1.165) is 29.9 Å². The number of aliphatic hydroxyl groups excluding tert-OH is 1. The Morgan fingerprint density at radius 2 is 2.00 bits per heavy atom. The van der Waals surface area contributed by atoms with Gasteiger partial charge in [-0.05, 0) is 24.8 Å². The van der Waals surface area contributed by atoms with Crippen LogP contribution in [0.4, 0.5) is 0 Å². The van der Waals surface area contributed by atoms with Gasteiger partial charge in [-0.3, -0.25) is 0 Å². The first kappa shape index (κ1) is 9.97. The predicted molar refractivity (Wildman–Crippen MR) is 59.7 cm³/mol. The first-order valence-electron chi connectivity index (χ1n) is 5.93. The third kappa shape index (κ3) is 1.55. The highest BCUT2D eigenvalue weighted by atomic mass is 16.6. The minimum atomic E-state index is -0.398. The zero-order valence-electron chi connectivity index (χ0n) is 9.19. The third-order valence-electron chi connectivity index (χ3n) is 3.51. The Morgan fingerprint density at radius 1 is 1.19 bits per heavy atom. The lowest BCUT2D eigenvalue weighted by Crippen LogP contribution is -2.22. The molecule has 1 saturated carbocycles. The molecular formula is C13H16O3. The van der Waals surface area contributed by atoms with Crippen LogP contribution in [0.15, 0.2) is 18.2 Å². The van der Waals surface area contributed by atoms with E-state index in [2.05, 4.69) is 0 Å². The summed E-state index contributed by atoms with van der Waals surface area (Å²) in [4.78, 5) is 0. The van der Waals surface area contributed by atoms with Crippen molar-refractivity contribution in [2.24, 2.45) is 5.92 Å². The van der Waals surface area contributed by atoms with Gasteiger partial charge in [-0.2, -0.15) is 0 Å². The van der Waals surface area contributed by atoms with Gasteiger partial charge in [-0.1, -0.05) is 18.6 Å². The average molecular weight is 220 g/mol. The fraction of sp³-hybridized carbons (Fsp3) is 0.538. The maximum absolute atomic E-state index is 10.3. The minimum absolute atomic E-state index is 0.398. The van der Waals surface area contributed by atoms with Gasteiger partial charge in [-0.15, -0.1) is 0 Å². The topological polar surface area (TPSA) is 38.7 Å². The SMILES string of the molecule is OC(c1cccc2c1OCCO2)C1CCC1. The standard InChI is InChI=1S/C13H16O3/c14-12(9-3-1-4-9)10-5-2-6-11-13(10)16-8-7-15-11/h2,5-6,9,12,14H,1,3-4,7-8H2. The second kappa shape index (κ2) is 3.98. The molecule has 16 heavy (non-hydrogen) atoms. The van der Waals surface area contributed by atoms with Crippen molar-refractivity contribution in [1.82, 2.24) is 0 Å². The van der Waals surface area contributed by atoms with Crippen molar-refractivity contribution in [2.75, 3.05) is 13.2 Å². The molecule has 1 atom stereocenters. The summed E-state index contributed by atoms with van der Waals surface area (Å²) in [6.45, 7) is 1.16. The molecule has 1 unspecified atom stereocenters. The third-order valence-corrected chi connectivity index (χ3v) is 3.51. The lowest BCUT2D eigenvalue weighted by atomic mass is 9.78. The molecule has 1 fully saturated rings. The number of hydrogen-bond acceptors (Lipinski definition) is 3. The molecule has 3 nitrogen and oxygen atoms in total. The molecule has 3 rings (SSSR count).